The number of amides is 1. The fourth-order valence-electron chi connectivity index (χ4n) is 1.33. The molecule has 0 fully saturated rings. The smallest absolute Gasteiger partial charge is 0.328 e. The fourth-order valence-corrected chi connectivity index (χ4v) is 1.33. The molecule has 0 rings (SSSR count). The van der Waals surface area contributed by atoms with E-state index in [1.165, 1.54) is 7.11 Å². The lowest BCUT2D eigenvalue weighted by atomic mass is 10.1. The van der Waals surface area contributed by atoms with Crippen molar-refractivity contribution in [2.75, 3.05) is 7.11 Å². The number of esters is 1. The Bertz CT molecular complexity index is 238. The zero-order chi connectivity index (χ0) is 12.4. The summed E-state index contributed by atoms with van der Waals surface area (Å²) in [7, 11) is 1.31. The minimum atomic E-state index is -0.600. The van der Waals surface area contributed by atoms with E-state index in [9.17, 15) is 9.59 Å². The van der Waals surface area contributed by atoms with E-state index in [-0.39, 0.29) is 5.91 Å². The Morgan fingerprint density at radius 1 is 1.44 bits per heavy atom. The first-order valence-electron chi connectivity index (χ1n) is 5.63. The Morgan fingerprint density at radius 2 is 2.12 bits per heavy atom. The molecule has 16 heavy (non-hydrogen) atoms. The molecule has 1 amide bonds. The van der Waals surface area contributed by atoms with Gasteiger partial charge in [-0.1, -0.05) is 25.8 Å². The maximum atomic E-state index is 11.5. The molecule has 92 valence electrons. The van der Waals surface area contributed by atoms with E-state index in [2.05, 4.69) is 23.6 Å². The molecule has 4 nitrogen and oxygen atoms in total. The maximum Gasteiger partial charge on any atom is 0.328 e. The predicted molar refractivity (Wildman–Crippen MR) is 62.9 cm³/mol. The van der Waals surface area contributed by atoms with Crippen molar-refractivity contribution in [1.29, 1.82) is 0 Å². The number of rotatable bonds is 8. The maximum absolute atomic E-state index is 11.5. The Kier molecular flexibility index (Phi) is 8.21. The first-order valence-corrected chi connectivity index (χ1v) is 5.63. The van der Waals surface area contributed by atoms with Crippen molar-refractivity contribution in [3.63, 3.8) is 0 Å². The van der Waals surface area contributed by atoms with Crippen LogP contribution < -0.4 is 5.32 Å². The molecule has 1 N–H and O–H groups in total. The van der Waals surface area contributed by atoms with Crippen molar-refractivity contribution in [2.24, 2.45) is 0 Å². The number of methoxy groups -OCH3 is 1. The number of carbonyl (C=O) groups excluding carboxylic acids is 2. The van der Waals surface area contributed by atoms with Crippen LogP contribution in [0.5, 0.6) is 0 Å². The molecule has 0 radical (unpaired) electrons. The quantitative estimate of drug-likeness (QED) is 0.391. The normalized spacial score (nSPS) is 11.6. The summed E-state index contributed by atoms with van der Waals surface area (Å²) < 4.78 is 4.59. The van der Waals surface area contributed by atoms with Gasteiger partial charge in [0.15, 0.2) is 0 Å². The van der Waals surface area contributed by atoms with Crippen molar-refractivity contribution < 1.29 is 14.3 Å². The van der Waals surface area contributed by atoms with Crippen LogP contribution in [0, 0.1) is 0 Å². The van der Waals surface area contributed by atoms with Gasteiger partial charge in [0.1, 0.15) is 6.04 Å². The number of ether oxygens (including phenoxy) is 1. The van der Waals surface area contributed by atoms with E-state index >= 15 is 0 Å². The van der Waals surface area contributed by atoms with Gasteiger partial charge in [-0.2, -0.15) is 0 Å². The molecule has 4 heteroatoms. The Labute approximate surface area is 97.1 Å². The third kappa shape index (κ3) is 6.22. The van der Waals surface area contributed by atoms with Crippen molar-refractivity contribution in [3.05, 3.63) is 12.7 Å². The average Bonchev–Trinajstić information content (AvgIpc) is 2.28. The summed E-state index contributed by atoms with van der Waals surface area (Å²) in [5.74, 6) is -0.533. The summed E-state index contributed by atoms with van der Waals surface area (Å²) in [6.07, 6.45) is 5.39. The third-order valence-electron chi connectivity index (χ3n) is 2.23. The topological polar surface area (TPSA) is 55.4 Å². The van der Waals surface area contributed by atoms with E-state index in [1.54, 1.807) is 6.08 Å². The lowest BCUT2D eigenvalue weighted by Gasteiger charge is -2.14. The van der Waals surface area contributed by atoms with Gasteiger partial charge >= 0.3 is 5.97 Å². The number of hydrogen-bond acceptors (Lipinski definition) is 3. The van der Waals surface area contributed by atoms with E-state index in [4.69, 9.17) is 0 Å². The number of nitrogens with one attached hydrogen (secondary N) is 1. The zero-order valence-electron chi connectivity index (χ0n) is 10.1. The van der Waals surface area contributed by atoms with Crippen molar-refractivity contribution in [3.8, 4) is 0 Å². The fraction of sp³-hybridized carbons (Fsp3) is 0.667. The van der Waals surface area contributed by atoms with Crippen molar-refractivity contribution in [2.45, 2.75) is 45.1 Å². The Morgan fingerprint density at radius 3 is 2.62 bits per heavy atom. The van der Waals surface area contributed by atoms with Gasteiger partial charge in [-0.05, 0) is 12.8 Å². The van der Waals surface area contributed by atoms with Gasteiger partial charge < -0.3 is 10.1 Å². The summed E-state index contributed by atoms with van der Waals surface area (Å²) in [6, 6.07) is -0.600. The van der Waals surface area contributed by atoms with Crippen LogP contribution in [-0.4, -0.2) is 25.0 Å². The lowest BCUT2D eigenvalue weighted by Crippen LogP contribution is -2.41. The summed E-state index contributed by atoms with van der Waals surface area (Å²) in [5.41, 5.74) is 0. The molecule has 0 saturated heterocycles. The number of unbranched alkanes of at least 4 members (excludes halogenated alkanes) is 2. The van der Waals surface area contributed by atoms with Gasteiger partial charge in [0.2, 0.25) is 5.91 Å². The minimum absolute atomic E-state index is 0.106. The molecule has 1 atom stereocenters. The SMILES string of the molecule is C=CCC(NC(=O)CCCCC)C(=O)OC. The van der Waals surface area contributed by atoms with Crippen molar-refractivity contribution in [1.82, 2.24) is 5.32 Å². The highest BCUT2D eigenvalue weighted by Crippen LogP contribution is 2.01. The van der Waals surface area contributed by atoms with Crippen LogP contribution in [0.4, 0.5) is 0 Å². The third-order valence-corrected chi connectivity index (χ3v) is 2.23. The van der Waals surface area contributed by atoms with Gasteiger partial charge in [-0.3, -0.25) is 4.79 Å². The summed E-state index contributed by atoms with van der Waals surface area (Å²) >= 11 is 0. The molecule has 0 aromatic rings. The monoisotopic (exact) mass is 227 g/mol. The highest BCUT2D eigenvalue weighted by Gasteiger charge is 2.19. The molecule has 0 spiro atoms. The van der Waals surface area contributed by atoms with Crippen LogP contribution in [-0.2, 0) is 14.3 Å². The van der Waals surface area contributed by atoms with E-state index in [1.807, 2.05) is 0 Å². The van der Waals surface area contributed by atoms with Gasteiger partial charge in [-0.25, -0.2) is 4.79 Å². The highest BCUT2D eigenvalue weighted by atomic mass is 16.5. The van der Waals surface area contributed by atoms with E-state index in [0.29, 0.717) is 12.8 Å². The van der Waals surface area contributed by atoms with Crippen LogP contribution >= 0.6 is 0 Å². The van der Waals surface area contributed by atoms with Crippen LogP contribution in [0.15, 0.2) is 12.7 Å². The molecule has 0 aliphatic carbocycles. The average molecular weight is 227 g/mol. The minimum Gasteiger partial charge on any atom is -0.467 e. The summed E-state index contributed by atoms with van der Waals surface area (Å²) in [5, 5.41) is 2.64. The second-order valence-electron chi connectivity index (χ2n) is 3.62. The van der Waals surface area contributed by atoms with Crippen LogP contribution in [0.2, 0.25) is 0 Å². The first kappa shape index (κ1) is 14.7. The Balaban J connectivity index is 4.02. The van der Waals surface area contributed by atoms with E-state index in [0.717, 1.165) is 19.3 Å². The van der Waals surface area contributed by atoms with Gasteiger partial charge in [-0.15, -0.1) is 6.58 Å². The zero-order valence-corrected chi connectivity index (χ0v) is 10.1. The second-order valence-corrected chi connectivity index (χ2v) is 3.62. The molecule has 1 unspecified atom stereocenters. The molecule has 0 aromatic heterocycles. The lowest BCUT2D eigenvalue weighted by molar-refractivity contribution is -0.145. The number of carbonyl (C=O) groups is 2. The Hall–Kier alpha value is -1.32. The van der Waals surface area contributed by atoms with Crippen molar-refractivity contribution >= 4 is 11.9 Å². The number of hydrogen-bond donors (Lipinski definition) is 1. The summed E-state index contributed by atoms with van der Waals surface area (Å²) in [4.78, 5) is 22.8. The van der Waals surface area contributed by atoms with Gasteiger partial charge in [0.05, 0.1) is 7.11 Å². The van der Waals surface area contributed by atoms with Crippen LogP contribution in [0.1, 0.15) is 39.0 Å². The molecule has 0 saturated carbocycles. The predicted octanol–water partition coefficient (Wildman–Crippen LogP) is 1.80. The van der Waals surface area contributed by atoms with Gasteiger partial charge in [0, 0.05) is 6.42 Å². The molecule has 0 aromatic carbocycles. The molecule has 0 heterocycles. The molecular weight excluding hydrogens is 206 g/mol. The standard InChI is InChI=1S/C12H21NO3/c1-4-6-7-9-11(14)13-10(8-5-2)12(15)16-3/h5,10H,2,4,6-9H2,1,3H3,(H,13,14). The van der Waals surface area contributed by atoms with E-state index < -0.39 is 12.0 Å². The highest BCUT2D eigenvalue weighted by molar-refractivity contribution is 5.84. The first-order chi connectivity index (χ1) is 7.65. The largest absolute Gasteiger partial charge is 0.467 e. The molecular formula is C12H21NO3. The molecule has 0 bridgehead atoms. The summed E-state index contributed by atoms with van der Waals surface area (Å²) in [6.45, 7) is 5.62. The second kappa shape index (κ2) is 8.95. The molecule has 0 aliphatic rings. The van der Waals surface area contributed by atoms with Crippen LogP contribution in [0.3, 0.4) is 0 Å². The molecule has 0 aliphatic heterocycles. The van der Waals surface area contributed by atoms with Crippen LogP contribution in [0.25, 0.3) is 0 Å². The van der Waals surface area contributed by atoms with Gasteiger partial charge in [0.25, 0.3) is 0 Å².